The van der Waals surface area contributed by atoms with Gasteiger partial charge >= 0.3 is 0 Å². The molecule has 0 atom stereocenters. The maximum Gasteiger partial charge on any atom is 0.228 e. The molecular formula is C19H16N4O. The van der Waals surface area contributed by atoms with Crippen LogP contribution in [0.4, 0.5) is 5.69 Å². The van der Waals surface area contributed by atoms with Gasteiger partial charge in [-0.3, -0.25) is 4.79 Å². The van der Waals surface area contributed by atoms with Crippen molar-refractivity contribution in [3.8, 4) is 11.3 Å². The van der Waals surface area contributed by atoms with Gasteiger partial charge in [-0.05, 0) is 29.3 Å². The number of carbonyl (C=O) groups excluding carboxylic acids is 1. The third-order valence-electron chi connectivity index (χ3n) is 4.00. The number of imidazole rings is 1. The fraction of sp³-hybridized carbons (Fsp3) is 0.0526. The maximum absolute atomic E-state index is 12.3. The van der Waals surface area contributed by atoms with E-state index in [2.05, 4.69) is 20.3 Å². The van der Waals surface area contributed by atoms with Crippen molar-refractivity contribution in [2.75, 3.05) is 5.32 Å². The predicted octanol–water partition coefficient (Wildman–Crippen LogP) is 3.74. The van der Waals surface area contributed by atoms with E-state index < -0.39 is 0 Å². The summed E-state index contributed by atoms with van der Waals surface area (Å²) in [5, 5.41) is 4.02. The van der Waals surface area contributed by atoms with Crippen LogP contribution >= 0.6 is 0 Å². The first-order chi connectivity index (χ1) is 11.8. The average Bonchev–Trinajstić information content (AvgIpc) is 3.26. The molecule has 0 bridgehead atoms. The Kier molecular flexibility index (Phi) is 3.59. The quantitative estimate of drug-likeness (QED) is 0.536. The molecule has 0 spiro atoms. The van der Waals surface area contributed by atoms with Crippen LogP contribution in [0.25, 0.3) is 22.2 Å². The second kappa shape index (κ2) is 6.04. The number of hydrogen-bond donors (Lipinski definition) is 3. The van der Waals surface area contributed by atoms with Crippen LogP contribution in [0, 0.1) is 0 Å². The molecular weight excluding hydrogens is 300 g/mol. The molecule has 4 aromatic rings. The molecule has 2 aromatic carbocycles. The van der Waals surface area contributed by atoms with Crippen LogP contribution in [-0.2, 0) is 11.2 Å². The second-order valence-electron chi connectivity index (χ2n) is 5.63. The van der Waals surface area contributed by atoms with Crippen LogP contribution in [-0.4, -0.2) is 20.9 Å². The van der Waals surface area contributed by atoms with Crippen molar-refractivity contribution in [1.82, 2.24) is 15.0 Å². The van der Waals surface area contributed by atoms with E-state index >= 15 is 0 Å². The molecule has 0 aliphatic rings. The molecule has 0 aliphatic carbocycles. The summed E-state index contributed by atoms with van der Waals surface area (Å²) in [5.41, 5.74) is 4.80. The van der Waals surface area contributed by atoms with Gasteiger partial charge in [-0.25, -0.2) is 4.98 Å². The Balaban J connectivity index is 1.46. The molecule has 0 unspecified atom stereocenters. The molecule has 5 nitrogen and oxygen atoms in total. The molecule has 0 saturated heterocycles. The van der Waals surface area contributed by atoms with E-state index in [0.717, 1.165) is 33.4 Å². The topological polar surface area (TPSA) is 73.6 Å². The summed E-state index contributed by atoms with van der Waals surface area (Å²) in [6.45, 7) is 0. The zero-order chi connectivity index (χ0) is 16.4. The summed E-state index contributed by atoms with van der Waals surface area (Å²) in [5.74, 6) is -0.0333. The molecule has 0 fully saturated rings. The van der Waals surface area contributed by atoms with Crippen molar-refractivity contribution in [2.24, 2.45) is 0 Å². The number of carbonyl (C=O) groups is 1. The van der Waals surface area contributed by atoms with Crippen LogP contribution in [0.15, 0.2) is 67.3 Å². The monoisotopic (exact) mass is 316 g/mol. The Morgan fingerprint density at radius 3 is 2.67 bits per heavy atom. The van der Waals surface area contributed by atoms with Gasteiger partial charge in [0.25, 0.3) is 0 Å². The highest BCUT2D eigenvalue weighted by molar-refractivity contribution is 5.95. The van der Waals surface area contributed by atoms with Crippen molar-refractivity contribution in [3.63, 3.8) is 0 Å². The van der Waals surface area contributed by atoms with Gasteiger partial charge < -0.3 is 15.3 Å². The van der Waals surface area contributed by atoms with E-state index in [0.29, 0.717) is 6.42 Å². The maximum atomic E-state index is 12.3. The normalized spacial score (nSPS) is 10.8. The van der Waals surface area contributed by atoms with Crippen molar-refractivity contribution >= 4 is 22.5 Å². The molecule has 118 valence electrons. The van der Waals surface area contributed by atoms with Crippen molar-refractivity contribution in [2.45, 2.75) is 6.42 Å². The lowest BCUT2D eigenvalue weighted by atomic mass is 10.1. The molecule has 4 rings (SSSR count). The number of rotatable bonds is 4. The van der Waals surface area contributed by atoms with E-state index in [-0.39, 0.29) is 5.91 Å². The number of benzene rings is 2. The Bertz CT molecular complexity index is 968. The lowest BCUT2D eigenvalue weighted by Gasteiger charge is -2.06. The number of aromatic amines is 2. The Labute approximate surface area is 138 Å². The van der Waals surface area contributed by atoms with Crippen molar-refractivity contribution in [3.05, 3.63) is 72.8 Å². The lowest BCUT2D eigenvalue weighted by Crippen LogP contribution is -2.14. The summed E-state index contributed by atoms with van der Waals surface area (Å²) >= 11 is 0. The second-order valence-corrected chi connectivity index (χ2v) is 5.63. The summed E-state index contributed by atoms with van der Waals surface area (Å²) < 4.78 is 0. The minimum absolute atomic E-state index is 0.0333. The Morgan fingerprint density at radius 2 is 1.88 bits per heavy atom. The summed E-state index contributed by atoms with van der Waals surface area (Å²) in [4.78, 5) is 22.6. The van der Waals surface area contributed by atoms with Crippen molar-refractivity contribution < 1.29 is 4.79 Å². The number of aromatic nitrogens is 3. The van der Waals surface area contributed by atoms with Gasteiger partial charge in [-0.2, -0.15) is 0 Å². The minimum atomic E-state index is -0.0333. The fourth-order valence-corrected chi connectivity index (χ4v) is 2.80. The first kappa shape index (κ1) is 14.3. The minimum Gasteiger partial charge on any atom is -0.361 e. The van der Waals surface area contributed by atoms with E-state index in [1.807, 2.05) is 54.7 Å². The Morgan fingerprint density at radius 1 is 1.04 bits per heavy atom. The Hall–Kier alpha value is -3.34. The van der Waals surface area contributed by atoms with E-state index in [9.17, 15) is 4.79 Å². The average molecular weight is 316 g/mol. The fourth-order valence-electron chi connectivity index (χ4n) is 2.80. The van der Waals surface area contributed by atoms with Crippen LogP contribution in [0.1, 0.15) is 5.56 Å². The van der Waals surface area contributed by atoms with Crippen LogP contribution in [0.3, 0.4) is 0 Å². The SMILES string of the molecule is O=C(Cc1c[nH]c2ccccc12)Nc1ccc(-c2cnc[nH]2)cc1. The molecule has 5 heteroatoms. The van der Waals surface area contributed by atoms with Crippen molar-refractivity contribution in [1.29, 1.82) is 0 Å². The van der Waals surface area contributed by atoms with Gasteiger partial charge in [0, 0.05) is 22.8 Å². The molecule has 2 aromatic heterocycles. The van der Waals surface area contributed by atoms with Gasteiger partial charge in [0.15, 0.2) is 0 Å². The number of fused-ring (bicyclic) bond motifs is 1. The van der Waals surface area contributed by atoms with Crippen LogP contribution in [0.2, 0.25) is 0 Å². The van der Waals surface area contributed by atoms with Gasteiger partial charge in [0.2, 0.25) is 5.91 Å². The van der Waals surface area contributed by atoms with Gasteiger partial charge in [-0.1, -0.05) is 30.3 Å². The molecule has 0 radical (unpaired) electrons. The molecule has 3 N–H and O–H groups in total. The number of nitrogens with zero attached hydrogens (tertiary/aromatic N) is 1. The standard InChI is InChI=1S/C19H16N4O/c24-19(9-14-10-21-17-4-2-1-3-16(14)17)23-15-7-5-13(6-8-15)18-11-20-12-22-18/h1-8,10-12,21H,9H2,(H,20,22)(H,23,24). The predicted molar refractivity (Wildman–Crippen MR) is 94.7 cm³/mol. The summed E-state index contributed by atoms with van der Waals surface area (Å²) in [7, 11) is 0. The zero-order valence-corrected chi connectivity index (χ0v) is 12.9. The zero-order valence-electron chi connectivity index (χ0n) is 12.9. The number of para-hydroxylation sites is 1. The number of H-pyrrole nitrogens is 2. The van der Waals surface area contributed by atoms with E-state index in [4.69, 9.17) is 0 Å². The third kappa shape index (κ3) is 2.79. The molecule has 2 heterocycles. The number of anilines is 1. The lowest BCUT2D eigenvalue weighted by molar-refractivity contribution is -0.115. The highest BCUT2D eigenvalue weighted by Gasteiger charge is 2.09. The molecule has 1 amide bonds. The summed E-state index contributed by atoms with van der Waals surface area (Å²) in [6.07, 6.45) is 5.65. The number of nitrogens with one attached hydrogen (secondary N) is 3. The molecule has 0 saturated carbocycles. The van der Waals surface area contributed by atoms with Crippen LogP contribution < -0.4 is 5.32 Å². The van der Waals surface area contributed by atoms with E-state index in [1.165, 1.54) is 0 Å². The molecule has 0 aliphatic heterocycles. The summed E-state index contributed by atoms with van der Waals surface area (Å²) in [6, 6.07) is 15.7. The highest BCUT2D eigenvalue weighted by Crippen LogP contribution is 2.20. The van der Waals surface area contributed by atoms with Gasteiger partial charge in [0.1, 0.15) is 0 Å². The van der Waals surface area contributed by atoms with Crippen LogP contribution in [0.5, 0.6) is 0 Å². The smallest absolute Gasteiger partial charge is 0.228 e. The highest BCUT2D eigenvalue weighted by atomic mass is 16.1. The first-order valence-electron chi connectivity index (χ1n) is 7.73. The first-order valence-corrected chi connectivity index (χ1v) is 7.73. The number of hydrogen-bond acceptors (Lipinski definition) is 2. The molecule has 24 heavy (non-hydrogen) atoms. The largest absolute Gasteiger partial charge is 0.361 e. The van der Waals surface area contributed by atoms with Gasteiger partial charge in [0.05, 0.1) is 24.6 Å². The van der Waals surface area contributed by atoms with E-state index in [1.54, 1.807) is 12.5 Å². The third-order valence-corrected chi connectivity index (χ3v) is 4.00. The number of amides is 1. The van der Waals surface area contributed by atoms with Gasteiger partial charge in [-0.15, -0.1) is 0 Å².